The van der Waals surface area contributed by atoms with Gasteiger partial charge in [0.1, 0.15) is 5.75 Å². The van der Waals surface area contributed by atoms with Crippen LogP contribution in [0.5, 0.6) is 5.75 Å². The van der Waals surface area contributed by atoms with Gasteiger partial charge in [-0.05, 0) is 18.1 Å². The molecular weight excluding hydrogens is 268 g/mol. The highest BCUT2D eigenvalue weighted by atomic mass is 16.7. The Bertz CT molecular complexity index is 469. The predicted octanol–water partition coefficient (Wildman–Crippen LogP) is 3.12. The molecule has 0 bridgehead atoms. The molecule has 5 nitrogen and oxygen atoms in total. The first-order chi connectivity index (χ1) is 10.2. The number of ether oxygens (including phenoxy) is 2. The van der Waals surface area contributed by atoms with E-state index in [0.717, 1.165) is 17.0 Å². The summed E-state index contributed by atoms with van der Waals surface area (Å²) in [6, 6.07) is 7.97. The predicted molar refractivity (Wildman–Crippen MR) is 82.5 cm³/mol. The van der Waals surface area contributed by atoms with Gasteiger partial charge in [-0.2, -0.15) is 5.26 Å². The van der Waals surface area contributed by atoms with E-state index in [0.29, 0.717) is 32.1 Å². The summed E-state index contributed by atoms with van der Waals surface area (Å²) >= 11 is 0. The largest absolute Gasteiger partial charge is 0.496 e. The van der Waals surface area contributed by atoms with Crippen molar-refractivity contribution in [2.75, 3.05) is 39.0 Å². The number of anilines is 1. The Morgan fingerprint density at radius 2 is 2.00 bits per heavy atom. The Hall–Kier alpha value is -1.77. The van der Waals surface area contributed by atoms with Gasteiger partial charge in [0.2, 0.25) is 0 Å². The number of benzene rings is 1. The Morgan fingerprint density at radius 1 is 1.24 bits per heavy atom. The number of hydrogen-bond acceptors (Lipinski definition) is 5. The monoisotopic (exact) mass is 292 g/mol. The van der Waals surface area contributed by atoms with Crippen LogP contribution in [0.4, 0.5) is 5.69 Å². The summed E-state index contributed by atoms with van der Waals surface area (Å²) in [5.41, 5.74) is 2.05. The van der Waals surface area contributed by atoms with Crippen LogP contribution in [0.1, 0.15) is 31.7 Å². The zero-order chi connectivity index (χ0) is 15.7. The number of nitriles is 1. The van der Waals surface area contributed by atoms with Crippen molar-refractivity contribution < 1.29 is 14.3 Å². The first-order valence-corrected chi connectivity index (χ1v) is 7.08. The average Bonchev–Trinajstić information content (AvgIpc) is 2.49. The summed E-state index contributed by atoms with van der Waals surface area (Å²) in [4.78, 5) is 5.74. The minimum absolute atomic E-state index is 0.292. The second-order valence-corrected chi connectivity index (χ2v) is 4.88. The lowest BCUT2D eigenvalue weighted by Crippen LogP contribution is -2.29. The van der Waals surface area contributed by atoms with Crippen LogP contribution in [-0.4, -0.2) is 34.0 Å². The molecule has 5 heteroatoms. The summed E-state index contributed by atoms with van der Waals surface area (Å²) in [5, 5.41) is 10.4. The van der Waals surface area contributed by atoms with Crippen LogP contribution in [0.2, 0.25) is 0 Å². The lowest BCUT2D eigenvalue weighted by atomic mass is 9.99. The average molecular weight is 292 g/mol. The molecule has 116 valence electrons. The summed E-state index contributed by atoms with van der Waals surface area (Å²) in [7, 11) is 3.32. The zero-order valence-electron chi connectivity index (χ0n) is 13.3. The molecule has 0 amide bonds. The van der Waals surface area contributed by atoms with Gasteiger partial charge in [0.15, 0.2) is 0 Å². The molecule has 0 aromatic heterocycles. The first kappa shape index (κ1) is 17.3. The van der Waals surface area contributed by atoms with E-state index < -0.39 is 0 Å². The zero-order valence-corrected chi connectivity index (χ0v) is 13.3. The van der Waals surface area contributed by atoms with Crippen LogP contribution in [0.15, 0.2) is 18.2 Å². The van der Waals surface area contributed by atoms with E-state index in [-0.39, 0.29) is 0 Å². The van der Waals surface area contributed by atoms with Gasteiger partial charge in [-0.15, -0.1) is 0 Å². The first-order valence-electron chi connectivity index (χ1n) is 7.08. The molecule has 1 aromatic rings. The topological polar surface area (TPSA) is 54.7 Å². The molecule has 0 spiro atoms. The van der Waals surface area contributed by atoms with Gasteiger partial charge in [0.05, 0.1) is 45.0 Å². The molecule has 0 heterocycles. The summed E-state index contributed by atoms with van der Waals surface area (Å²) in [6.45, 7) is 5.72. The highest BCUT2D eigenvalue weighted by Crippen LogP contribution is 2.35. The van der Waals surface area contributed by atoms with Gasteiger partial charge in [0.25, 0.3) is 0 Å². The minimum atomic E-state index is 0.292. The Morgan fingerprint density at radius 3 is 2.57 bits per heavy atom. The smallest absolute Gasteiger partial charge is 0.124 e. The molecule has 0 fully saturated rings. The van der Waals surface area contributed by atoms with Crippen LogP contribution in [0, 0.1) is 11.3 Å². The molecule has 1 aromatic carbocycles. The van der Waals surface area contributed by atoms with Gasteiger partial charge in [0, 0.05) is 12.7 Å². The number of nitrogens with zero attached hydrogens (tertiary/aromatic N) is 2. The van der Waals surface area contributed by atoms with Crippen molar-refractivity contribution in [3.8, 4) is 11.8 Å². The van der Waals surface area contributed by atoms with E-state index >= 15 is 0 Å². The molecule has 21 heavy (non-hydrogen) atoms. The molecule has 0 saturated heterocycles. The highest BCUT2D eigenvalue weighted by molar-refractivity contribution is 5.59. The van der Waals surface area contributed by atoms with Crippen molar-refractivity contribution in [1.82, 2.24) is 0 Å². The van der Waals surface area contributed by atoms with Crippen LogP contribution >= 0.6 is 0 Å². The summed E-state index contributed by atoms with van der Waals surface area (Å²) in [5.74, 6) is 1.13. The fourth-order valence-electron chi connectivity index (χ4n) is 2.14. The molecule has 0 aliphatic carbocycles. The molecule has 0 saturated carbocycles. The van der Waals surface area contributed by atoms with Crippen molar-refractivity contribution >= 4 is 5.69 Å². The Kier molecular flexibility index (Phi) is 7.59. The van der Waals surface area contributed by atoms with Crippen LogP contribution in [0.3, 0.4) is 0 Å². The van der Waals surface area contributed by atoms with E-state index in [1.807, 2.05) is 18.2 Å². The second kappa shape index (κ2) is 9.22. The summed E-state index contributed by atoms with van der Waals surface area (Å²) < 4.78 is 10.6. The molecule has 1 rings (SSSR count). The van der Waals surface area contributed by atoms with Crippen molar-refractivity contribution in [2.24, 2.45) is 0 Å². The van der Waals surface area contributed by atoms with Gasteiger partial charge in [-0.1, -0.05) is 19.9 Å². The Balaban J connectivity index is 3.07. The maximum atomic E-state index is 8.66. The molecule has 0 atom stereocenters. The van der Waals surface area contributed by atoms with Crippen LogP contribution in [0.25, 0.3) is 0 Å². The van der Waals surface area contributed by atoms with E-state index in [1.54, 1.807) is 19.3 Å². The van der Waals surface area contributed by atoms with Gasteiger partial charge < -0.3 is 9.47 Å². The van der Waals surface area contributed by atoms with Gasteiger partial charge in [-0.25, -0.2) is 0 Å². The van der Waals surface area contributed by atoms with Crippen molar-refractivity contribution in [3.05, 3.63) is 23.8 Å². The van der Waals surface area contributed by atoms with Gasteiger partial charge >= 0.3 is 0 Å². The number of rotatable bonds is 9. The molecule has 0 unspecified atom stereocenters. The Labute approximate surface area is 127 Å². The van der Waals surface area contributed by atoms with E-state index in [9.17, 15) is 0 Å². The van der Waals surface area contributed by atoms with Crippen molar-refractivity contribution in [2.45, 2.75) is 26.2 Å². The highest BCUT2D eigenvalue weighted by Gasteiger charge is 2.18. The van der Waals surface area contributed by atoms with Crippen molar-refractivity contribution in [3.63, 3.8) is 0 Å². The molecule has 0 aliphatic rings. The minimum Gasteiger partial charge on any atom is -0.496 e. The third-order valence-electron chi connectivity index (χ3n) is 3.07. The fourth-order valence-corrected chi connectivity index (χ4v) is 2.14. The van der Waals surface area contributed by atoms with E-state index in [1.165, 1.54) is 0 Å². The molecule has 0 N–H and O–H groups in total. The third-order valence-corrected chi connectivity index (χ3v) is 3.07. The SMILES string of the molecule is COCCN(OCCC#N)c1cccc(OC)c1C(C)C. The van der Waals surface area contributed by atoms with Gasteiger partial charge in [-0.3, -0.25) is 9.90 Å². The second-order valence-electron chi connectivity index (χ2n) is 4.88. The lowest BCUT2D eigenvalue weighted by molar-refractivity contribution is 0.0913. The number of methoxy groups -OCH3 is 2. The van der Waals surface area contributed by atoms with Crippen LogP contribution < -0.4 is 9.80 Å². The molecule has 0 radical (unpaired) electrons. The maximum Gasteiger partial charge on any atom is 0.124 e. The summed E-state index contributed by atoms with van der Waals surface area (Å²) in [6.07, 6.45) is 0.352. The van der Waals surface area contributed by atoms with Crippen molar-refractivity contribution in [1.29, 1.82) is 5.26 Å². The quantitative estimate of drug-likeness (QED) is 0.517. The number of hydrogen-bond donors (Lipinski definition) is 0. The molecular formula is C16H24N2O3. The normalized spacial score (nSPS) is 10.5. The van der Waals surface area contributed by atoms with Crippen LogP contribution in [-0.2, 0) is 9.57 Å². The van der Waals surface area contributed by atoms with E-state index in [4.69, 9.17) is 19.6 Å². The lowest BCUT2D eigenvalue weighted by Gasteiger charge is -2.27. The number of hydroxylamine groups is 1. The maximum absolute atomic E-state index is 8.66. The molecule has 0 aliphatic heterocycles. The standard InChI is InChI=1S/C16H24N2O3/c1-13(2)16-14(7-5-8-15(16)20-4)18(10-12-19-3)21-11-6-9-17/h5,7-8,13H,6,10-12H2,1-4H3. The van der Waals surface area contributed by atoms with E-state index in [2.05, 4.69) is 19.9 Å². The third kappa shape index (κ3) is 4.92. The fraction of sp³-hybridized carbons (Fsp3) is 0.562.